The lowest BCUT2D eigenvalue weighted by atomic mass is 10.1. The van der Waals surface area contributed by atoms with Crippen LogP contribution >= 0.6 is 0 Å². The van der Waals surface area contributed by atoms with Gasteiger partial charge in [-0.1, -0.05) is 30.3 Å². The molecule has 110 valence electrons. The molecule has 0 amide bonds. The normalized spacial score (nSPS) is 10.7. The van der Waals surface area contributed by atoms with Crippen LogP contribution in [0.5, 0.6) is 0 Å². The third-order valence-electron chi connectivity index (χ3n) is 3.42. The molecule has 3 rings (SSSR count). The minimum Gasteiger partial charge on any atom is -0.481 e. The van der Waals surface area contributed by atoms with Crippen molar-refractivity contribution in [1.82, 2.24) is 0 Å². The molecule has 0 saturated carbocycles. The fraction of sp³-hybridized carbons (Fsp3) is 0.0625. The Bertz CT molecular complexity index is 822. The summed E-state index contributed by atoms with van der Waals surface area (Å²) in [5.41, 5.74) is 1.34. The molecular weight excluding hydrogens is 286 g/mol. The Balaban J connectivity index is 2.38. The van der Waals surface area contributed by atoms with E-state index in [1.54, 1.807) is 42.5 Å². The number of carboxylic acids is 1. The summed E-state index contributed by atoms with van der Waals surface area (Å²) in [6.45, 7) is 0. The van der Waals surface area contributed by atoms with Crippen LogP contribution in [0.1, 0.15) is 5.56 Å². The van der Waals surface area contributed by atoms with E-state index in [0.29, 0.717) is 22.5 Å². The molecule has 0 atom stereocenters. The molecule has 0 spiro atoms. The molecule has 1 aromatic rings. The highest BCUT2D eigenvalue weighted by Gasteiger charge is 2.34. The minimum absolute atomic E-state index is 0.163. The summed E-state index contributed by atoms with van der Waals surface area (Å²) in [4.78, 5) is 22.1. The van der Waals surface area contributed by atoms with Gasteiger partial charge in [0.1, 0.15) is 11.3 Å². The molecule has 1 heterocycles. The van der Waals surface area contributed by atoms with Crippen LogP contribution in [-0.4, -0.2) is 16.0 Å². The van der Waals surface area contributed by atoms with E-state index in [9.17, 15) is 14.9 Å². The van der Waals surface area contributed by atoms with Gasteiger partial charge in [0.05, 0.1) is 23.2 Å². The molecule has 6 heteroatoms. The molecule has 0 fully saturated rings. The Kier molecular flexibility index (Phi) is 3.34. The number of aliphatic carboxylic acids is 1. The summed E-state index contributed by atoms with van der Waals surface area (Å²) < 4.78 is 5.45. The first kappa shape index (κ1) is 13.8. The van der Waals surface area contributed by atoms with Gasteiger partial charge in [-0.2, -0.15) is 0 Å². The Morgan fingerprint density at radius 1 is 1.18 bits per heavy atom. The van der Waals surface area contributed by atoms with Crippen LogP contribution in [0.3, 0.4) is 0 Å². The highest BCUT2D eigenvalue weighted by atomic mass is 16.6. The molecule has 0 bridgehead atoms. The Labute approximate surface area is 125 Å². The number of benzene rings is 1. The summed E-state index contributed by atoms with van der Waals surface area (Å²) in [6, 6.07) is 12.0. The molecular formula is C16H11NO5. The Morgan fingerprint density at radius 3 is 2.55 bits per heavy atom. The quantitative estimate of drug-likeness (QED) is 0.586. The van der Waals surface area contributed by atoms with Crippen LogP contribution < -0.4 is 0 Å². The smallest absolute Gasteiger partial charge is 0.308 e. The van der Waals surface area contributed by atoms with Gasteiger partial charge in [-0.15, -0.1) is 0 Å². The molecule has 2 aliphatic rings. The highest BCUT2D eigenvalue weighted by molar-refractivity contribution is 5.96. The van der Waals surface area contributed by atoms with E-state index in [0.717, 1.165) is 0 Å². The van der Waals surface area contributed by atoms with E-state index < -0.39 is 17.3 Å². The highest BCUT2D eigenvalue weighted by Crippen LogP contribution is 2.47. The van der Waals surface area contributed by atoms with Gasteiger partial charge in [-0.25, -0.2) is 0 Å². The van der Waals surface area contributed by atoms with Crippen molar-refractivity contribution < 1.29 is 19.2 Å². The molecule has 0 saturated heterocycles. The molecule has 0 aromatic heterocycles. The number of carboxylic acid groups (broad SMARTS) is 1. The van der Waals surface area contributed by atoms with Crippen molar-refractivity contribution >= 4 is 11.7 Å². The van der Waals surface area contributed by atoms with Crippen molar-refractivity contribution in [3.8, 4) is 22.5 Å². The lowest BCUT2D eigenvalue weighted by Crippen LogP contribution is -2.02. The predicted octanol–water partition coefficient (Wildman–Crippen LogP) is 3.59. The summed E-state index contributed by atoms with van der Waals surface area (Å²) in [5, 5.41) is 20.6. The fourth-order valence-electron chi connectivity index (χ4n) is 2.60. The summed E-state index contributed by atoms with van der Waals surface area (Å²) in [5.74, 6) is -0.796. The van der Waals surface area contributed by atoms with Gasteiger partial charge in [0, 0.05) is 5.56 Å². The fourth-order valence-corrected chi connectivity index (χ4v) is 2.60. The first-order chi connectivity index (χ1) is 10.6. The van der Waals surface area contributed by atoms with Crippen LogP contribution in [0, 0.1) is 10.1 Å². The molecule has 22 heavy (non-hydrogen) atoms. The number of carbonyl (C=O) groups is 1. The van der Waals surface area contributed by atoms with Crippen LogP contribution in [0.2, 0.25) is 0 Å². The second kappa shape index (κ2) is 5.33. The van der Waals surface area contributed by atoms with Gasteiger partial charge in [0.2, 0.25) is 0 Å². The third kappa shape index (κ3) is 2.20. The zero-order valence-corrected chi connectivity index (χ0v) is 11.4. The number of hydrogen-bond acceptors (Lipinski definition) is 4. The van der Waals surface area contributed by atoms with E-state index in [4.69, 9.17) is 9.52 Å². The van der Waals surface area contributed by atoms with Crippen molar-refractivity contribution in [1.29, 1.82) is 0 Å². The summed E-state index contributed by atoms with van der Waals surface area (Å²) in [7, 11) is 0. The molecule has 1 aliphatic carbocycles. The maximum absolute atomic E-state index is 11.5. The number of nitro groups is 1. The molecule has 1 aromatic carbocycles. The molecule has 1 aliphatic heterocycles. The Morgan fingerprint density at radius 2 is 1.91 bits per heavy atom. The predicted molar refractivity (Wildman–Crippen MR) is 78.8 cm³/mol. The van der Waals surface area contributed by atoms with Crippen LogP contribution in [0.15, 0.2) is 53.1 Å². The van der Waals surface area contributed by atoms with E-state index in [2.05, 4.69) is 0 Å². The summed E-state index contributed by atoms with van der Waals surface area (Å²) >= 11 is 0. The van der Waals surface area contributed by atoms with E-state index in [1.807, 2.05) is 0 Å². The molecule has 0 radical (unpaired) electrons. The maximum Gasteiger partial charge on any atom is 0.308 e. The first-order valence-corrected chi connectivity index (χ1v) is 6.53. The largest absolute Gasteiger partial charge is 0.481 e. The zero-order valence-electron chi connectivity index (χ0n) is 11.4. The monoisotopic (exact) mass is 297 g/mol. The molecule has 1 N–H and O–H groups in total. The average Bonchev–Trinajstić information content (AvgIpc) is 2.82. The van der Waals surface area contributed by atoms with Crippen molar-refractivity contribution in [3.05, 3.63) is 64.4 Å². The van der Waals surface area contributed by atoms with Gasteiger partial charge >= 0.3 is 5.97 Å². The standard InChI is InChI=1S/C16H11NO5/c18-13(19)9-12-11-7-4-8-22-16(11)14(15(12)17(20)21)10-5-2-1-3-6-10/h1-8H,9H2,(H,18,19). The number of fused-ring (bicyclic) bond motifs is 1. The minimum atomic E-state index is -1.13. The van der Waals surface area contributed by atoms with Crippen molar-refractivity contribution in [3.63, 3.8) is 0 Å². The molecule has 0 unspecified atom stereocenters. The zero-order chi connectivity index (χ0) is 15.7. The number of nitrogens with zero attached hydrogens (tertiary/aromatic N) is 1. The summed E-state index contributed by atoms with van der Waals surface area (Å²) in [6.07, 6.45) is 0.988. The van der Waals surface area contributed by atoms with E-state index in [1.165, 1.54) is 6.26 Å². The van der Waals surface area contributed by atoms with Crippen LogP contribution in [0.4, 0.5) is 5.69 Å². The van der Waals surface area contributed by atoms with Crippen molar-refractivity contribution in [2.45, 2.75) is 6.42 Å². The van der Waals surface area contributed by atoms with Crippen molar-refractivity contribution in [2.75, 3.05) is 0 Å². The topological polar surface area (TPSA) is 93.6 Å². The van der Waals surface area contributed by atoms with Gasteiger partial charge in [0.15, 0.2) is 0 Å². The number of hydrogen-bond donors (Lipinski definition) is 1. The maximum atomic E-state index is 11.5. The van der Waals surface area contributed by atoms with Crippen molar-refractivity contribution in [2.24, 2.45) is 0 Å². The van der Waals surface area contributed by atoms with Crippen LogP contribution in [0.25, 0.3) is 22.5 Å². The lowest BCUT2D eigenvalue weighted by Gasteiger charge is -2.02. The van der Waals surface area contributed by atoms with Gasteiger partial charge in [-0.05, 0) is 17.7 Å². The Hall–Kier alpha value is -3.15. The average molecular weight is 297 g/mol. The van der Waals surface area contributed by atoms with Gasteiger partial charge < -0.3 is 9.52 Å². The SMILES string of the molecule is O=C(O)Cc1c2cccoc-2c(-c2ccccc2)c1[N+](=O)[O-]. The van der Waals surface area contributed by atoms with E-state index in [-0.39, 0.29) is 11.3 Å². The lowest BCUT2D eigenvalue weighted by molar-refractivity contribution is -0.384. The molecule has 6 nitrogen and oxygen atoms in total. The second-order valence-corrected chi connectivity index (χ2v) is 4.75. The number of rotatable bonds is 4. The van der Waals surface area contributed by atoms with E-state index >= 15 is 0 Å². The second-order valence-electron chi connectivity index (χ2n) is 4.75. The van der Waals surface area contributed by atoms with Crippen LogP contribution in [-0.2, 0) is 11.2 Å². The first-order valence-electron chi connectivity index (χ1n) is 6.53. The third-order valence-corrected chi connectivity index (χ3v) is 3.42. The van der Waals surface area contributed by atoms with Gasteiger partial charge in [0.25, 0.3) is 5.69 Å². The van der Waals surface area contributed by atoms with Gasteiger partial charge in [-0.3, -0.25) is 14.9 Å².